The number of benzene rings is 1. The molecule has 1 aromatic rings. The number of hydrogen-bond acceptors (Lipinski definition) is 5. The molecular formula is C17H23N3O4. The number of carbonyl (C=O) groups excluding carboxylic acids is 1. The molecule has 1 amide bonds. The van der Waals surface area contributed by atoms with Gasteiger partial charge in [-0.05, 0) is 18.9 Å². The molecule has 1 aliphatic carbocycles. The zero-order chi connectivity index (χ0) is 17.1. The molecule has 3 rings (SSSR count). The van der Waals surface area contributed by atoms with E-state index in [2.05, 4.69) is 4.90 Å². The molecule has 0 bridgehead atoms. The standard InChI is InChI=1S/C17H23N3O4/c1-24-16-7-6-14(20(22)23)12-15(16)17(21)19-10-8-18(9-11-19)13-4-2-3-5-13/h6-7,12-13H,2-5,8-11H2,1H3. The Kier molecular flexibility index (Phi) is 4.99. The van der Waals surface area contributed by atoms with Crippen LogP contribution < -0.4 is 4.74 Å². The Morgan fingerprint density at radius 1 is 1.21 bits per heavy atom. The Morgan fingerprint density at radius 2 is 1.88 bits per heavy atom. The Balaban J connectivity index is 1.70. The topological polar surface area (TPSA) is 75.9 Å². The molecule has 0 radical (unpaired) electrons. The van der Waals surface area contributed by atoms with Crippen LogP contribution in [0.2, 0.25) is 0 Å². The molecule has 0 aromatic heterocycles. The summed E-state index contributed by atoms with van der Waals surface area (Å²) >= 11 is 0. The smallest absolute Gasteiger partial charge is 0.270 e. The van der Waals surface area contributed by atoms with Crippen LogP contribution in [0.15, 0.2) is 18.2 Å². The van der Waals surface area contributed by atoms with E-state index in [1.54, 1.807) is 4.90 Å². The van der Waals surface area contributed by atoms with Crippen molar-refractivity contribution in [3.05, 3.63) is 33.9 Å². The van der Waals surface area contributed by atoms with Gasteiger partial charge < -0.3 is 9.64 Å². The van der Waals surface area contributed by atoms with Crippen molar-refractivity contribution in [2.24, 2.45) is 0 Å². The van der Waals surface area contributed by atoms with E-state index in [1.807, 2.05) is 0 Å². The molecule has 0 spiro atoms. The highest BCUT2D eigenvalue weighted by molar-refractivity contribution is 5.97. The van der Waals surface area contributed by atoms with Crippen molar-refractivity contribution in [1.82, 2.24) is 9.80 Å². The van der Waals surface area contributed by atoms with Gasteiger partial charge in [-0.25, -0.2) is 0 Å². The average molecular weight is 333 g/mol. The van der Waals surface area contributed by atoms with Crippen LogP contribution in [0.5, 0.6) is 5.75 Å². The minimum Gasteiger partial charge on any atom is -0.496 e. The van der Waals surface area contributed by atoms with E-state index in [0.717, 1.165) is 13.1 Å². The van der Waals surface area contributed by atoms with E-state index >= 15 is 0 Å². The maximum absolute atomic E-state index is 12.8. The summed E-state index contributed by atoms with van der Waals surface area (Å²) in [6.07, 6.45) is 5.11. The van der Waals surface area contributed by atoms with Gasteiger partial charge in [0.15, 0.2) is 0 Å². The summed E-state index contributed by atoms with van der Waals surface area (Å²) in [6.45, 7) is 3.05. The number of nitrogens with zero attached hydrogens (tertiary/aromatic N) is 3. The molecule has 2 fully saturated rings. The van der Waals surface area contributed by atoms with Gasteiger partial charge >= 0.3 is 0 Å². The molecule has 130 valence electrons. The number of piperazine rings is 1. The summed E-state index contributed by atoms with van der Waals surface area (Å²) in [5.74, 6) is 0.186. The van der Waals surface area contributed by atoms with Gasteiger partial charge in [0.05, 0.1) is 17.6 Å². The van der Waals surface area contributed by atoms with E-state index in [9.17, 15) is 14.9 Å². The molecular weight excluding hydrogens is 310 g/mol. The van der Waals surface area contributed by atoms with E-state index in [1.165, 1.54) is 51.0 Å². The van der Waals surface area contributed by atoms with E-state index in [-0.39, 0.29) is 17.2 Å². The van der Waals surface area contributed by atoms with Gasteiger partial charge in [0, 0.05) is 44.4 Å². The Hall–Kier alpha value is -2.15. The summed E-state index contributed by atoms with van der Waals surface area (Å²) in [6, 6.07) is 4.81. The summed E-state index contributed by atoms with van der Waals surface area (Å²) in [4.78, 5) is 27.5. The normalized spacial score (nSPS) is 19.5. The van der Waals surface area contributed by atoms with Crippen LogP contribution in [-0.4, -0.2) is 60.0 Å². The van der Waals surface area contributed by atoms with E-state index in [0.29, 0.717) is 24.9 Å². The quantitative estimate of drug-likeness (QED) is 0.624. The molecule has 0 unspecified atom stereocenters. The van der Waals surface area contributed by atoms with Gasteiger partial charge in [-0.1, -0.05) is 12.8 Å². The summed E-state index contributed by atoms with van der Waals surface area (Å²) < 4.78 is 5.21. The molecule has 0 N–H and O–H groups in total. The van der Waals surface area contributed by atoms with E-state index in [4.69, 9.17) is 4.74 Å². The minimum atomic E-state index is -0.492. The molecule has 1 heterocycles. The zero-order valence-corrected chi connectivity index (χ0v) is 13.9. The van der Waals surface area contributed by atoms with Crippen molar-refractivity contribution in [3.63, 3.8) is 0 Å². The second-order valence-corrected chi connectivity index (χ2v) is 6.41. The van der Waals surface area contributed by atoms with Crippen LogP contribution in [0.4, 0.5) is 5.69 Å². The monoisotopic (exact) mass is 333 g/mol. The van der Waals surface area contributed by atoms with Gasteiger partial charge in [0.2, 0.25) is 0 Å². The highest BCUT2D eigenvalue weighted by atomic mass is 16.6. The van der Waals surface area contributed by atoms with Crippen molar-refractivity contribution >= 4 is 11.6 Å². The summed E-state index contributed by atoms with van der Waals surface area (Å²) in [7, 11) is 1.47. The lowest BCUT2D eigenvalue weighted by molar-refractivity contribution is -0.384. The predicted molar refractivity (Wildman–Crippen MR) is 89.4 cm³/mol. The number of amides is 1. The lowest BCUT2D eigenvalue weighted by Crippen LogP contribution is -2.51. The number of rotatable bonds is 4. The number of carbonyl (C=O) groups is 1. The minimum absolute atomic E-state index is 0.0938. The molecule has 1 aromatic carbocycles. The summed E-state index contributed by atoms with van der Waals surface area (Å²) in [5, 5.41) is 11.0. The first-order valence-electron chi connectivity index (χ1n) is 8.46. The first-order valence-corrected chi connectivity index (χ1v) is 8.46. The van der Waals surface area contributed by atoms with Crippen molar-refractivity contribution in [1.29, 1.82) is 0 Å². The predicted octanol–water partition coefficient (Wildman–Crippen LogP) is 2.30. The maximum Gasteiger partial charge on any atom is 0.270 e. The van der Waals surface area contributed by atoms with Gasteiger partial charge in [-0.15, -0.1) is 0 Å². The molecule has 1 aliphatic heterocycles. The van der Waals surface area contributed by atoms with Crippen LogP contribution in [0.3, 0.4) is 0 Å². The number of ether oxygens (including phenoxy) is 1. The molecule has 24 heavy (non-hydrogen) atoms. The average Bonchev–Trinajstić information content (AvgIpc) is 3.15. The highest BCUT2D eigenvalue weighted by Crippen LogP contribution is 2.27. The molecule has 2 aliphatic rings. The van der Waals surface area contributed by atoms with Gasteiger partial charge in [-0.3, -0.25) is 19.8 Å². The second kappa shape index (κ2) is 7.17. The zero-order valence-electron chi connectivity index (χ0n) is 13.9. The van der Waals surface area contributed by atoms with Crippen molar-refractivity contribution in [2.45, 2.75) is 31.7 Å². The molecule has 7 nitrogen and oxygen atoms in total. The number of methoxy groups -OCH3 is 1. The Bertz CT molecular complexity index is 620. The fourth-order valence-electron chi connectivity index (χ4n) is 3.71. The first-order chi connectivity index (χ1) is 11.6. The van der Waals surface area contributed by atoms with Crippen LogP contribution >= 0.6 is 0 Å². The number of hydrogen-bond donors (Lipinski definition) is 0. The van der Waals surface area contributed by atoms with E-state index < -0.39 is 4.92 Å². The molecule has 1 saturated carbocycles. The first kappa shape index (κ1) is 16.7. The highest BCUT2D eigenvalue weighted by Gasteiger charge is 2.29. The van der Waals surface area contributed by atoms with Gasteiger partial charge in [-0.2, -0.15) is 0 Å². The molecule has 7 heteroatoms. The number of nitro benzene ring substituents is 1. The Labute approximate surface area is 141 Å². The van der Waals surface area contributed by atoms with Gasteiger partial charge in [0.25, 0.3) is 11.6 Å². The third-order valence-corrected chi connectivity index (χ3v) is 5.07. The van der Waals surface area contributed by atoms with Crippen LogP contribution in [0.25, 0.3) is 0 Å². The summed E-state index contributed by atoms with van der Waals surface area (Å²) in [5.41, 5.74) is 0.171. The van der Waals surface area contributed by atoms with Crippen LogP contribution in [0, 0.1) is 10.1 Å². The molecule has 0 atom stereocenters. The van der Waals surface area contributed by atoms with Gasteiger partial charge in [0.1, 0.15) is 5.75 Å². The van der Waals surface area contributed by atoms with Crippen molar-refractivity contribution in [3.8, 4) is 5.75 Å². The van der Waals surface area contributed by atoms with Crippen molar-refractivity contribution in [2.75, 3.05) is 33.3 Å². The Morgan fingerprint density at radius 3 is 2.46 bits per heavy atom. The SMILES string of the molecule is COc1ccc([N+](=O)[O-])cc1C(=O)N1CCN(C2CCCC2)CC1. The van der Waals surface area contributed by atoms with Crippen molar-refractivity contribution < 1.29 is 14.5 Å². The third-order valence-electron chi connectivity index (χ3n) is 5.07. The number of nitro groups is 1. The molecule has 1 saturated heterocycles. The fraction of sp³-hybridized carbons (Fsp3) is 0.588. The lowest BCUT2D eigenvalue weighted by Gasteiger charge is -2.38. The lowest BCUT2D eigenvalue weighted by atomic mass is 10.1. The van der Waals surface area contributed by atoms with Crippen LogP contribution in [-0.2, 0) is 0 Å². The maximum atomic E-state index is 12.8. The third kappa shape index (κ3) is 3.36. The fourth-order valence-corrected chi connectivity index (χ4v) is 3.71. The largest absolute Gasteiger partial charge is 0.496 e. The second-order valence-electron chi connectivity index (χ2n) is 6.41. The van der Waals surface area contributed by atoms with Crippen LogP contribution in [0.1, 0.15) is 36.0 Å². The number of non-ortho nitro benzene ring substituents is 1.